The summed E-state index contributed by atoms with van der Waals surface area (Å²) in [6.45, 7) is 1.67. The zero-order valence-electron chi connectivity index (χ0n) is 22.4. The van der Waals surface area contributed by atoms with Gasteiger partial charge in [-0.1, -0.05) is 66.7 Å². The molecule has 5 aromatic rings. The van der Waals surface area contributed by atoms with Crippen molar-refractivity contribution in [1.82, 2.24) is 19.8 Å². The molecule has 6 rings (SSSR count). The molecule has 0 spiro atoms. The van der Waals surface area contributed by atoms with Crippen molar-refractivity contribution in [2.24, 2.45) is 0 Å². The van der Waals surface area contributed by atoms with Gasteiger partial charge in [0, 0.05) is 48.9 Å². The van der Waals surface area contributed by atoms with Gasteiger partial charge >= 0.3 is 5.97 Å². The number of carbonyl (C=O) groups excluding carboxylic acids is 1. The van der Waals surface area contributed by atoms with Gasteiger partial charge in [0.25, 0.3) is 0 Å². The van der Waals surface area contributed by atoms with Crippen LogP contribution in [0, 0.1) is 0 Å². The minimum absolute atomic E-state index is 0.0958. The fraction of sp³-hybridized carbons (Fsp3) is 0.182. The minimum atomic E-state index is -0.922. The van der Waals surface area contributed by atoms with Crippen molar-refractivity contribution in [1.29, 1.82) is 0 Å². The maximum absolute atomic E-state index is 13.2. The van der Waals surface area contributed by atoms with Crippen molar-refractivity contribution in [3.8, 4) is 28.1 Å². The van der Waals surface area contributed by atoms with Crippen molar-refractivity contribution >= 4 is 22.8 Å². The number of aromatic nitrogens is 2. The Bertz CT molecular complexity index is 1670. The number of para-hydroxylation sites is 1. The molecule has 1 saturated heterocycles. The lowest BCUT2D eigenvalue weighted by Gasteiger charge is -2.39. The number of aromatic hydroxyl groups is 1. The van der Waals surface area contributed by atoms with Crippen LogP contribution < -0.4 is 0 Å². The maximum Gasteiger partial charge on any atom is 0.322 e. The van der Waals surface area contributed by atoms with Gasteiger partial charge in [-0.3, -0.25) is 19.5 Å². The summed E-state index contributed by atoms with van der Waals surface area (Å²) < 4.78 is 0. The molecule has 3 N–H and O–H groups in total. The average molecular weight is 547 g/mol. The van der Waals surface area contributed by atoms with Crippen molar-refractivity contribution in [3.63, 3.8) is 0 Å². The number of rotatable bonds is 7. The van der Waals surface area contributed by atoms with Gasteiger partial charge in [0.05, 0.1) is 23.8 Å². The number of benzene rings is 3. The van der Waals surface area contributed by atoms with E-state index in [2.05, 4.69) is 9.97 Å². The molecule has 1 fully saturated rings. The largest absolute Gasteiger partial charge is 0.507 e. The number of nitrogens with one attached hydrogen (secondary N) is 1. The van der Waals surface area contributed by atoms with E-state index in [1.54, 1.807) is 17.3 Å². The summed E-state index contributed by atoms with van der Waals surface area (Å²) in [5.41, 5.74) is 5.80. The number of aliphatic carboxylic acids is 1. The van der Waals surface area contributed by atoms with Crippen LogP contribution in [0.5, 0.6) is 5.75 Å². The molecule has 8 nitrogen and oxygen atoms in total. The van der Waals surface area contributed by atoms with E-state index in [4.69, 9.17) is 0 Å². The molecule has 3 heterocycles. The Balaban J connectivity index is 1.14. The molecule has 1 aliphatic heterocycles. The summed E-state index contributed by atoms with van der Waals surface area (Å²) in [5.74, 6) is -0.848. The molecule has 1 atom stereocenters. The van der Waals surface area contributed by atoms with Gasteiger partial charge in [0.1, 0.15) is 11.8 Å². The van der Waals surface area contributed by atoms with Crippen LogP contribution in [0.4, 0.5) is 0 Å². The number of phenolic OH excluding ortho intramolecular Hbond substituents is 1. The first-order chi connectivity index (χ1) is 20.0. The van der Waals surface area contributed by atoms with Crippen molar-refractivity contribution in [2.45, 2.75) is 19.0 Å². The number of hydrogen-bond donors (Lipinski definition) is 3. The normalized spacial score (nSPS) is 15.7. The highest BCUT2D eigenvalue weighted by Crippen LogP contribution is 2.38. The van der Waals surface area contributed by atoms with Crippen LogP contribution in [0.2, 0.25) is 0 Å². The van der Waals surface area contributed by atoms with E-state index in [1.165, 1.54) is 0 Å². The second-order valence-electron chi connectivity index (χ2n) is 10.4. The number of fused-ring (bicyclic) bond motifs is 1. The summed E-state index contributed by atoms with van der Waals surface area (Å²) in [5, 5.41) is 22.0. The van der Waals surface area contributed by atoms with Crippen LogP contribution in [-0.2, 0) is 22.6 Å². The van der Waals surface area contributed by atoms with Crippen LogP contribution in [0.15, 0.2) is 97.3 Å². The number of hydrogen-bond acceptors (Lipinski definition) is 5. The minimum Gasteiger partial charge on any atom is -0.507 e. The zero-order chi connectivity index (χ0) is 28.3. The number of aromatic amines is 1. The third-order valence-electron chi connectivity index (χ3n) is 7.73. The van der Waals surface area contributed by atoms with Crippen LogP contribution in [0.1, 0.15) is 11.1 Å². The number of amides is 1. The number of carbonyl (C=O) groups is 2. The van der Waals surface area contributed by atoms with Crippen LogP contribution in [0.3, 0.4) is 0 Å². The number of H-pyrrole nitrogens is 1. The molecule has 1 aliphatic rings. The van der Waals surface area contributed by atoms with E-state index in [9.17, 15) is 19.8 Å². The molecule has 8 heteroatoms. The molecular weight excluding hydrogens is 516 g/mol. The molecule has 206 valence electrons. The SMILES string of the molecule is O=C(O)C1CN(C(=O)Cc2ccc(-c3cccc(-c4cc5ccncc5[nH]4)c3O)cc2)CCN1Cc1ccccc1. The van der Waals surface area contributed by atoms with Gasteiger partial charge in [-0.2, -0.15) is 0 Å². The summed E-state index contributed by atoms with van der Waals surface area (Å²) in [6.07, 6.45) is 3.67. The van der Waals surface area contributed by atoms with Gasteiger partial charge in [-0.05, 0) is 34.9 Å². The van der Waals surface area contributed by atoms with Crippen LogP contribution in [-0.4, -0.2) is 67.5 Å². The van der Waals surface area contributed by atoms with Crippen molar-refractivity contribution in [2.75, 3.05) is 19.6 Å². The highest BCUT2D eigenvalue weighted by Gasteiger charge is 2.34. The Hall–Kier alpha value is -4.95. The molecular formula is C33H30N4O4. The lowest BCUT2D eigenvalue weighted by atomic mass is 9.98. The van der Waals surface area contributed by atoms with E-state index in [0.29, 0.717) is 30.8 Å². The number of carboxylic acid groups (broad SMARTS) is 1. The van der Waals surface area contributed by atoms with E-state index >= 15 is 0 Å². The second-order valence-corrected chi connectivity index (χ2v) is 10.4. The number of phenols is 1. The predicted octanol–water partition coefficient (Wildman–Crippen LogP) is 4.94. The van der Waals surface area contributed by atoms with E-state index in [0.717, 1.165) is 33.3 Å². The van der Waals surface area contributed by atoms with Crippen molar-refractivity contribution < 1.29 is 19.8 Å². The topological polar surface area (TPSA) is 110 Å². The number of carboxylic acids is 1. The van der Waals surface area contributed by atoms with Crippen molar-refractivity contribution in [3.05, 3.63) is 108 Å². The summed E-state index contributed by atoms with van der Waals surface area (Å²) in [4.78, 5) is 36.2. The molecule has 2 aromatic heterocycles. The molecule has 3 aromatic carbocycles. The van der Waals surface area contributed by atoms with Gasteiger partial charge in [0.15, 0.2) is 0 Å². The first-order valence-electron chi connectivity index (χ1n) is 13.6. The second kappa shape index (κ2) is 11.3. The number of piperazine rings is 1. The molecule has 0 bridgehead atoms. The Morgan fingerprint density at radius 1 is 0.902 bits per heavy atom. The molecule has 0 aliphatic carbocycles. The Morgan fingerprint density at radius 3 is 2.44 bits per heavy atom. The molecule has 1 unspecified atom stereocenters. The lowest BCUT2D eigenvalue weighted by Crippen LogP contribution is -2.57. The van der Waals surface area contributed by atoms with Crippen LogP contribution in [0.25, 0.3) is 33.3 Å². The van der Waals surface area contributed by atoms with Crippen LogP contribution >= 0.6 is 0 Å². The van der Waals surface area contributed by atoms with Gasteiger partial charge in [-0.15, -0.1) is 0 Å². The smallest absolute Gasteiger partial charge is 0.322 e. The summed E-state index contributed by atoms with van der Waals surface area (Å²) >= 11 is 0. The standard InChI is InChI=1S/C33H30N4O4/c38-31(37-16-15-36(30(21-37)33(40)41)20-23-5-2-1-3-6-23)17-22-9-11-24(12-10-22)26-7-4-8-27(32(26)39)28-18-25-13-14-34-19-29(25)35-28/h1-14,18-19,30,35,39H,15-17,20-21H2,(H,40,41). The predicted molar refractivity (Wildman–Crippen MR) is 157 cm³/mol. The molecule has 41 heavy (non-hydrogen) atoms. The third-order valence-corrected chi connectivity index (χ3v) is 7.73. The zero-order valence-corrected chi connectivity index (χ0v) is 22.4. The summed E-state index contributed by atoms with van der Waals surface area (Å²) in [6, 6.07) is 26.1. The fourth-order valence-electron chi connectivity index (χ4n) is 5.49. The fourth-order valence-corrected chi connectivity index (χ4v) is 5.49. The van der Waals surface area contributed by atoms with E-state index < -0.39 is 12.0 Å². The van der Waals surface area contributed by atoms with Gasteiger partial charge < -0.3 is 20.1 Å². The van der Waals surface area contributed by atoms with E-state index in [1.807, 2.05) is 89.8 Å². The molecule has 0 saturated carbocycles. The molecule has 0 radical (unpaired) electrons. The van der Waals surface area contributed by atoms with Gasteiger partial charge in [0.2, 0.25) is 5.91 Å². The van der Waals surface area contributed by atoms with Gasteiger partial charge in [-0.25, -0.2) is 0 Å². The third kappa shape index (κ3) is 5.55. The number of pyridine rings is 1. The van der Waals surface area contributed by atoms with E-state index in [-0.39, 0.29) is 24.6 Å². The average Bonchev–Trinajstić information content (AvgIpc) is 3.42. The summed E-state index contributed by atoms with van der Waals surface area (Å²) in [7, 11) is 0. The Labute approximate surface area is 237 Å². The highest BCUT2D eigenvalue weighted by molar-refractivity contribution is 5.89. The monoisotopic (exact) mass is 546 g/mol. The maximum atomic E-state index is 13.2. The Morgan fingerprint density at radius 2 is 1.68 bits per heavy atom. The highest BCUT2D eigenvalue weighted by atomic mass is 16.4. The number of nitrogens with zero attached hydrogens (tertiary/aromatic N) is 3. The Kier molecular flexibility index (Phi) is 7.22. The quantitative estimate of drug-likeness (QED) is 0.267. The lowest BCUT2D eigenvalue weighted by molar-refractivity contribution is -0.148. The first-order valence-corrected chi connectivity index (χ1v) is 13.6. The first kappa shape index (κ1) is 26.3. The molecule has 1 amide bonds.